The molecule has 3 atom stereocenters. The zero-order valence-electron chi connectivity index (χ0n) is 21.8. The van der Waals surface area contributed by atoms with Gasteiger partial charge < -0.3 is 20.5 Å². The molecule has 1 heterocycles. The third-order valence-electron chi connectivity index (χ3n) is 7.82. The molecule has 3 aromatic carbocycles. The highest BCUT2D eigenvalue weighted by molar-refractivity contribution is 5.80. The number of imidazole rings is 1. The molecule has 6 nitrogen and oxygen atoms in total. The predicted molar refractivity (Wildman–Crippen MR) is 150 cm³/mol. The SMILES string of the molecule is O=C(NC(CO)c1ccccc1)C1CCCCC1c1ccc(Cc2cccc3[nH]c(CCCO)nc23)cc1. The second kappa shape index (κ2) is 12.4. The molecule has 6 heteroatoms. The van der Waals surface area contributed by atoms with E-state index >= 15 is 0 Å². The van der Waals surface area contributed by atoms with E-state index in [9.17, 15) is 9.90 Å². The maximum atomic E-state index is 13.4. The second-order valence-electron chi connectivity index (χ2n) is 10.4. The summed E-state index contributed by atoms with van der Waals surface area (Å²) in [7, 11) is 0. The highest BCUT2D eigenvalue weighted by atomic mass is 16.3. The number of para-hydroxylation sites is 1. The number of nitrogens with one attached hydrogen (secondary N) is 2. The van der Waals surface area contributed by atoms with Gasteiger partial charge in [0.25, 0.3) is 0 Å². The second-order valence-corrected chi connectivity index (χ2v) is 10.4. The summed E-state index contributed by atoms with van der Waals surface area (Å²) in [5.41, 5.74) is 6.53. The number of fused-ring (bicyclic) bond motifs is 1. The number of H-pyrrole nitrogens is 1. The van der Waals surface area contributed by atoms with Crippen LogP contribution in [0.2, 0.25) is 0 Å². The number of aromatic nitrogens is 2. The van der Waals surface area contributed by atoms with Gasteiger partial charge in [0, 0.05) is 18.9 Å². The maximum Gasteiger partial charge on any atom is 0.224 e. The number of nitrogens with zero attached hydrogens (tertiary/aromatic N) is 1. The number of hydrogen-bond acceptors (Lipinski definition) is 4. The number of carbonyl (C=O) groups excluding carboxylic acids is 1. The number of aliphatic hydroxyl groups is 2. The number of amides is 1. The fourth-order valence-corrected chi connectivity index (χ4v) is 5.79. The number of aliphatic hydroxyl groups excluding tert-OH is 2. The lowest BCUT2D eigenvalue weighted by atomic mass is 9.74. The van der Waals surface area contributed by atoms with Crippen LogP contribution in [0.1, 0.15) is 72.1 Å². The number of hydrogen-bond donors (Lipinski definition) is 4. The highest BCUT2D eigenvalue weighted by Crippen LogP contribution is 2.38. The molecule has 1 aromatic heterocycles. The molecule has 3 unspecified atom stereocenters. The van der Waals surface area contributed by atoms with Crippen molar-refractivity contribution >= 4 is 16.9 Å². The van der Waals surface area contributed by atoms with Gasteiger partial charge in [0.1, 0.15) is 5.82 Å². The zero-order valence-corrected chi connectivity index (χ0v) is 21.8. The van der Waals surface area contributed by atoms with E-state index < -0.39 is 0 Å². The van der Waals surface area contributed by atoms with E-state index in [0.717, 1.165) is 60.9 Å². The van der Waals surface area contributed by atoms with E-state index in [0.29, 0.717) is 6.42 Å². The van der Waals surface area contributed by atoms with Crippen LogP contribution in [-0.4, -0.2) is 39.3 Å². The van der Waals surface area contributed by atoms with Gasteiger partial charge in [-0.25, -0.2) is 4.98 Å². The van der Waals surface area contributed by atoms with Gasteiger partial charge in [0.2, 0.25) is 5.91 Å². The van der Waals surface area contributed by atoms with E-state index in [4.69, 9.17) is 10.1 Å². The van der Waals surface area contributed by atoms with Crippen molar-refractivity contribution in [2.45, 2.75) is 56.9 Å². The molecule has 1 aliphatic carbocycles. The zero-order chi connectivity index (χ0) is 26.3. The molecule has 4 N–H and O–H groups in total. The molecule has 198 valence electrons. The van der Waals surface area contributed by atoms with E-state index in [-0.39, 0.29) is 37.0 Å². The summed E-state index contributed by atoms with van der Waals surface area (Å²) in [6, 6.07) is 24.2. The molecular weight excluding hydrogens is 474 g/mol. The molecule has 4 aromatic rings. The Hall–Kier alpha value is -3.48. The van der Waals surface area contributed by atoms with Crippen molar-refractivity contribution in [1.82, 2.24) is 15.3 Å². The molecule has 0 radical (unpaired) electrons. The standard InChI is InChI=1S/C32H37N3O3/c36-19-7-14-30-33-28-13-6-10-25(31(28)35-30)20-22-15-17-23(18-16-22)26-11-4-5-12-27(26)32(38)34-29(21-37)24-8-2-1-3-9-24/h1-3,6,8-10,13,15-18,26-27,29,36-37H,4-5,7,11-12,14,19-21H2,(H,33,35)(H,34,38). The third-order valence-corrected chi connectivity index (χ3v) is 7.82. The van der Waals surface area contributed by atoms with E-state index in [2.05, 4.69) is 46.7 Å². The first kappa shape index (κ1) is 26.1. The predicted octanol–water partition coefficient (Wildman–Crippen LogP) is 5.20. The van der Waals surface area contributed by atoms with Crippen molar-refractivity contribution < 1.29 is 15.0 Å². The fraction of sp³-hybridized carbons (Fsp3) is 0.375. The lowest BCUT2D eigenvalue weighted by molar-refractivity contribution is -0.127. The lowest BCUT2D eigenvalue weighted by Gasteiger charge is -2.32. The Morgan fingerprint density at radius 1 is 0.974 bits per heavy atom. The minimum Gasteiger partial charge on any atom is -0.396 e. The van der Waals surface area contributed by atoms with Crippen LogP contribution in [0.3, 0.4) is 0 Å². The molecule has 1 aliphatic rings. The first-order valence-electron chi connectivity index (χ1n) is 13.8. The largest absolute Gasteiger partial charge is 0.396 e. The van der Waals surface area contributed by atoms with Crippen LogP contribution >= 0.6 is 0 Å². The molecule has 1 saturated carbocycles. The van der Waals surface area contributed by atoms with Gasteiger partial charge in [-0.1, -0.05) is 79.6 Å². The van der Waals surface area contributed by atoms with E-state index in [1.165, 1.54) is 16.7 Å². The Morgan fingerprint density at radius 3 is 2.53 bits per heavy atom. The number of rotatable bonds is 10. The fourth-order valence-electron chi connectivity index (χ4n) is 5.79. The van der Waals surface area contributed by atoms with Crippen molar-refractivity contribution in [1.29, 1.82) is 0 Å². The number of carbonyl (C=O) groups is 1. The van der Waals surface area contributed by atoms with Gasteiger partial charge in [0.05, 0.1) is 23.7 Å². The van der Waals surface area contributed by atoms with Crippen LogP contribution in [0.4, 0.5) is 0 Å². The van der Waals surface area contributed by atoms with Crippen molar-refractivity contribution in [2.24, 2.45) is 5.92 Å². The quantitative estimate of drug-likeness (QED) is 0.235. The minimum absolute atomic E-state index is 0.0314. The molecule has 0 bridgehead atoms. The van der Waals surface area contributed by atoms with Crippen molar-refractivity contribution in [2.75, 3.05) is 13.2 Å². The highest BCUT2D eigenvalue weighted by Gasteiger charge is 2.33. The van der Waals surface area contributed by atoms with Crippen molar-refractivity contribution in [3.05, 3.63) is 101 Å². The Balaban J connectivity index is 1.29. The minimum atomic E-state index is -0.387. The average Bonchev–Trinajstić information content (AvgIpc) is 3.40. The summed E-state index contributed by atoms with van der Waals surface area (Å²) in [5, 5.41) is 22.2. The molecular formula is C32H37N3O3. The summed E-state index contributed by atoms with van der Waals surface area (Å²) in [5.74, 6) is 1.03. The maximum absolute atomic E-state index is 13.4. The number of aryl methyl sites for hydroxylation is 1. The molecule has 0 aliphatic heterocycles. The Labute approximate surface area is 224 Å². The summed E-state index contributed by atoms with van der Waals surface area (Å²) >= 11 is 0. The molecule has 5 rings (SSSR count). The van der Waals surface area contributed by atoms with Crippen molar-refractivity contribution in [3.8, 4) is 0 Å². The van der Waals surface area contributed by atoms with E-state index in [1.807, 2.05) is 36.4 Å². The van der Waals surface area contributed by atoms with Crippen LogP contribution in [-0.2, 0) is 17.6 Å². The summed E-state index contributed by atoms with van der Waals surface area (Å²) in [6.45, 7) is 0.0440. The lowest BCUT2D eigenvalue weighted by Crippen LogP contribution is -2.39. The summed E-state index contributed by atoms with van der Waals surface area (Å²) in [6.07, 6.45) is 6.25. The first-order valence-corrected chi connectivity index (χ1v) is 13.8. The normalized spacial score (nSPS) is 18.4. The van der Waals surface area contributed by atoms with Gasteiger partial charge in [-0.2, -0.15) is 0 Å². The van der Waals surface area contributed by atoms with Gasteiger partial charge in [-0.15, -0.1) is 0 Å². The van der Waals surface area contributed by atoms with Crippen molar-refractivity contribution in [3.63, 3.8) is 0 Å². The van der Waals surface area contributed by atoms with Crippen LogP contribution in [0, 0.1) is 5.92 Å². The summed E-state index contributed by atoms with van der Waals surface area (Å²) in [4.78, 5) is 21.5. The van der Waals surface area contributed by atoms with E-state index in [1.54, 1.807) is 0 Å². The molecule has 0 saturated heterocycles. The molecule has 1 amide bonds. The molecule has 0 spiro atoms. The van der Waals surface area contributed by atoms with Gasteiger partial charge in [-0.05, 0) is 59.9 Å². The van der Waals surface area contributed by atoms with Crippen LogP contribution < -0.4 is 5.32 Å². The smallest absolute Gasteiger partial charge is 0.224 e. The Morgan fingerprint density at radius 2 is 1.76 bits per heavy atom. The van der Waals surface area contributed by atoms with Crippen LogP contribution in [0.5, 0.6) is 0 Å². The topological polar surface area (TPSA) is 98.2 Å². The molecule has 38 heavy (non-hydrogen) atoms. The average molecular weight is 512 g/mol. The summed E-state index contributed by atoms with van der Waals surface area (Å²) < 4.78 is 0. The van der Waals surface area contributed by atoms with Gasteiger partial charge in [-0.3, -0.25) is 4.79 Å². The molecule has 1 fully saturated rings. The Kier molecular flexibility index (Phi) is 8.51. The van der Waals surface area contributed by atoms with Gasteiger partial charge >= 0.3 is 0 Å². The third kappa shape index (κ3) is 5.98. The van der Waals surface area contributed by atoms with Crippen LogP contribution in [0.25, 0.3) is 11.0 Å². The monoisotopic (exact) mass is 511 g/mol. The Bertz CT molecular complexity index is 1330. The number of benzene rings is 3. The number of aromatic amines is 1. The van der Waals surface area contributed by atoms with Gasteiger partial charge in [0.15, 0.2) is 0 Å². The van der Waals surface area contributed by atoms with Crippen LogP contribution in [0.15, 0.2) is 72.8 Å². The first-order chi connectivity index (χ1) is 18.7.